The Morgan fingerprint density at radius 1 is 1.36 bits per heavy atom. The molecule has 2 N–H and O–H groups in total. The molecule has 0 radical (unpaired) electrons. The van der Waals surface area contributed by atoms with E-state index in [9.17, 15) is 9.59 Å². The number of carbonyl (C=O) groups excluding carboxylic acids is 2. The van der Waals surface area contributed by atoms with Crippen molar-refractivity contribution in [3.8, 4) is 10.6 Å². The van der Waals surface area contributed by atoms with E-state index in [1.165, 1.54) is 18.4 Å². The maximum atomic E-state index is 12.4. The third kappa shape index (κ3) is 3.62. The maximum Gasteiger partial charge on any atom is 0.357 e. The zero-order valence-corrected chi connectivity index (χ0v) is 15.5. The number of thiazole rings is 1. The van der Waals surface area contributed by atoms with Crippen molar-refractivity contribution in [2.24, 2.45) is 0 Å². The molecule has 0 atom stereocenters. The third-order valence-electron chi connectivity index (χ3n) is 3.37. The van der Waals surface area contributed by atoms with Gasteiger partial charge in [-0.15, -0.1) is 22.7 Å². The van der Waals surface area contributed by atoms with Crippen LogP contribution in [0.4, 0.5) is 5.13 Å². The highest BCUT2D eigenvalue weighted by Crippen LogP contribution is 2.30. The van der Waals surface area contributed by atoms with Crippen molar-refractivity contribution in [2.75, 3.05) is 12.4 Å². The van der Waals surface area contributed by atoms with Crippen LogP contribution in [0.2, 0.25) is 0 Å². The van der Waals surface area contributed by atoms with Crippen molar-refractivity contribution in [3.05, 3.63) is 39.8 Å². The summed E-state index contributed by atoms with van der Waals surface area (Å²) in [5, 5.41) is 11.9. The molecule has 0 unspecified atom stereocenters. The van der Waals surface area contributed by atoms with Gasteiger partial charge in [0.2, 0.25) is 0 Å². The van der Waals surface area contributed by atoms with E-state index in [0.717, 1.165) is 15.4 Å². The van der Waals surface area contributed by atoms with E-state index in [2.05, 4.69) is 20.5 Å². The van der Waals surface area contributed by atoms with Gasteiger partial charge >= 0.3 is 5.97 Å². The fourth-order valence-corrected chi connectivity index (χ4v) is 3.82. The lowest BCUT2D eigenvalue weighted by Gasteiger charge is -2.02. The fourth-order valence-electron chi connectivity index (χ4n) is 2.18. The van der Waals surface area contributed by atoms with Gasteiger partial charge in [0.1, 0.15) is 0 Å². The number of aromatic amines is 1. The predicted octanol–water partition coefficient (Wildman–Crippen LogP) is 3.76. The number of hydrogen-bond acceptors (Lipinski definition) is 7. The van der Waals surface area contributed by atoms with Crippen LogP contribution in [-0.4, -0.2) is 34.2 Å². The second-order valence-electron chi connectivity index (χ2n) is 5.48. The van der Waals surface area contributed by atoms with Gasteiger partial charge in [-0.25, -0.2) is 9.78 Å². The van der Waals surface area contributed by atoms with Crippen LogP contribution >= 0.6 is 22.7 Å². The monoisotopic (exact) mass is 376 g/mol. The summed E-state index contributed by atoms with van der Waals surface area (Å²) in [6, 6.07) is 5.55. The summed E-state index contributed by atoms with van der Waals surface area (Å²) in [6.07, 6.45) is 0. The van der Waals surface area contributed by atoms with Crippen LogP contribution in [0, 0.1) is 0 Å². The van der Waals surface area contributed by atoms with Crippen LogP contribution in [0.25, 0.3) is 10.6 Å². The highest BCUT2D eigenvalue weighted by atomic mass is 32.1. The number of esters is 1. The molecule has 3 rings (SSSR count). The van der Waals surface area contributed by atoms with Gasteiger partial charge in [0.05, 0.1) is 17.7 Å². The Bertz CT molecular complexity index is 897. The molecule has 25 heavy (non-hydrogen) atoms. The van der Waals surface area contributed by atoms with E-state index < -0.39 is 5.97 Å². The van der Waals surface area contributed by atoms with Crippen LogP contribution in [0.1, 0.15) is 45.6 Å². The zero-order chi connectivity index (χ0) is 18.0. The summed E-state index contributed by atoms with van der Waals surface area (Å²) in [6.45, 7) is 3.90. The number of nitrogens with zero attached hydrogens (tertiary/aromatic N) is 2. The predicted molar refractivity (Wildman–Crippen MR) is 97.4 cm³/mol. The molecule has 9 heteroatoms. The largest absolute Gasteiger partial charge is 0.464 e. The SMILES string of the molecule is COC(=O)c1nc(NC(=O)c2cc(-c3cccs3)[nH]n2)sc1C(C)C. The van der Waals surface area contributed by atoms with Crippen molar-refractivity contribution in [1.29, 1.82) is 0 Å². The van der Waals surface area contributed by atoms with E-state index in [1.807, 2.05) is 31.4 Å². The van der Waals surface area contributed by atoms with Crippen LogP contribution in [0.5, 0.6) is 0 Å². The minimum atomic E-state index is -0.514. The van der Waals surface area contributed by atoms with E-state index in [-0.39, 0.29) is 23.2 Å². The zero-order valence-electron chi connectivity index (χ0n) is 13.8. The first-order valence-electron chi connectivity index (χ1n) is 7.49. The number of ether oxygens (including phenoxy) is 1. The Labute approximate surface area is 152 Å². The lowest BCUT2D eigenvalue weighted by molar-refractivity contribution is 0.0593. The second kappa shape index (κ2) is 7.16. The van der Waals surface area contributed by atoms with Crippen molar-refractivity contribution < 1.29 is 14.3 Å². The van der Waals surface area contributed by atoms with Crippen LogP contribution in [-0.2, 0) is 4.74 Å². The molecule has 0 spiro atoms. The van der Waals surface area contributed by atoms with Gasteiger partial charge in [-0.05, 0) is 23.4 Å². The smallest absolute Gasteiger partial charge is 0.357 e. The number of hydrogen-bond donors (Lipinski definition) is 2. The number of methoxy groups -OCH3 is 1. The Morgan fingerprint density at radius 3 is 2.80 bits per heavy atom. The van der Waals surface area contributed by atoms with Crippen LogP contribution in [0.3, 0.4) is 0 Å². The van der Waals surface area contributed by atoms with Gasteiger partial charge in [-0.1, -0.05) is 19.9 Å². The molecule has 7 nitrogen and oxygen atoms in total. The number of anilines is 1. The molecule has 0 bridgehead atoms. The third-order valence-corrected chi connectivity index (χ3v) is 5.55. The summed E-state index contributed by atoms with van der Waals surface area (Å²) in [7, 11) is 1.31. The lowest BCUT2D eigenvalue weighted by Crippen LogP contribution is -2.12. The summed E-state index contributed by atoms with van der Waals surface area (Å²) in [5.41, 5.74) is 1.26. The molecule has 130 valence electrons. The first-order valence-corrected chi connectivity index (χ1v) is 9.19. The van der Waals surface area contributed by atoms with Crippen molar-refractivity contribution in [1.82, 2.24) is 15.2 Å². The first kappa shape index (κ1) is 17.3. The highest BCUT2D eigenvalue weighted by molar-refractivity contribution is 7.16. The van der Waals surface area contributed by atoms with Crippen molar-refractivity contribution in [3.63, 3.8) is 0 Å². The Morgan fingerprint density at radius 2 is 2.16 bits per heavy atom. The Balaban J connectivity index is 1.80. The molecule has 0 fully saturated rings. The van der Waals surface area contributed by atoms with Gasteiger partial charge < -0.3 is 4.74 Å². The van der Waals surface area contributed by atoms with Crippen LogP contribution in [0.15, 0.2) is 23.6 Å². The fraction of sp³-hybridized carbons (Fsp3) is 0.250. The number of aromatic nitrogens is 3. The van der Waals surface area contributed by atoms with Gasteiger partial charge in [0.15, 0.2) is 16.5 Å². The molecule has 0 saturated carbocycles. The normalized spacial score (nSPS) is 10.9. The number of carbonyl (C=O) groups is 2. The second-order valence-corrected chi connectivity index (χ2v) is 7.45. The van der Waals surface area contributed by atoms with Gasteiger partial charge in [-0.2, -0.15) is 5.10 Å². The molecule has 0 aromatic carbocycles. The minimum absolute atomic E-state index is 0.0908. The van der Waals surface area contributed by atoms with Gasteiger partial charge in [0.25, 0.3) is 5.91 Å². The van der Waals surface area contributed by atoms with E-state index >= 15 is 0 Å². The Kier molecular flexibility index (Phi) is 4.95. The lowest BCUT2D eigenvalue weighted by atomic mass is 10.1. The van der Waals surface area contributed by atoms with E-state index in [1.54, 1.807) is 17.4 Å². The van der Waals surface area contributed by atoms with E-state index in [0.29, 0.717) is 5.13 Å². The molecule has 3 aromatic rings. The number of nitrogens with one attached hydrogen (secondary N) is 2. The van der Waals surface area contributed by atoms with E-state index in [4.69, 9.17) is 4.74 Å². The number of thiophene rings is 1. The molecule has 3 aromatic heterocycles. The summed E-state index contributed by atoms with van der Waals surface area (Å²) >= 11 is 2.81. The van der Waals surface area contributed by atoms with Gasteiger partial charge in [-0.3, -0.25) is 15.2 Å². The summed E-state index contributed by atoms with van der Waals surface area (Å²) in [5.74, 6) is -0.812. The first-order chi connectivity index (χ1) is 12.0. The standard InChI is InChI=1S/C16H16N4O3S2/c1-8(2)13-12(15(22)23-3)17-16(25-13)18-14(21)10-7-9(19-20-10)11-5-4-6-24-11/h4-8H,1-3H3,(H,19,20)(H,17,18,21). The van der Waals surface area contributed by atoms with Crippen molar-refractivity contribution >= 4 is 39.7 Å². The molecular weight excluding hydrogens is 360 g/mol. The molecule has 0 aliphatic carbocycles. The topological polar surface area (TPSA) is 97.0 Å². The highest BCUT2D eigenvalue weighted by Gasteiger charge is 2.22. The van der Waals surface area contributed by atoms with Gasteiger partial charge in [0, 0.05) is 4.88 Å². The number of rotatable bonds is 5. The molecule has 0 aliphatic rings. The minimum Gasteiger partial charge on any atom is -0.464 e. The molecule has 3 heterocycles. The molecule has 0 aliphatic heterocycles. The Hall–Kier alpha value is -2.52. The van der Waals surface area contributed by atoms with Crippen molar-refractivity contribution in [2.45, 2.75) is 19.8 Å². The average molecular weight is 376 g/mol. The molecule has 0 saturated heterocycles. The summed E-state index contributed by atoms with van der Waals surface area (Å²) in [4.78, 5) is 30.2. The quantitative estimate of drug-likeness (QED) is 0.661. The number of amides is 1. The number of H-pyrrole nitrogens is 1. The van der Waals surface area contributed by atoms with Crippen LogP contribution < -0.4 is 5.32 Å². The molecular formula is C16H16N4O3S2. The average Bonchev–Trinajstić information content (AvgIpc) is 3.32. The maximum absolute atomic E-state index is 12.4. The molecule has 1 amide bonds. The summed E-state index contributed by atoms with van der Waals surface area (Å²) < 4.78 is 4.75.